The minimum Gasteiger partial charge on any atom is -0.480 e. The van der Waals surface area contributed by atoms with Crippen LogP contribution in [0.25, 0.3) is 0 Å². The van der Waals surface area contributed by atoms with Crippen molar-refractivity contribution in [2.45, 2.75) is 159 Å². The van der Waals surface area contributed by atoms with Crippen LogP contribution >= 0.6 is 0 Å². The van der Waals surface area contributed by atoms with Crippen molar-refractivity contribution >= 4 is 65.1 Å². The van der Waals surface area contributed by atoms with Gasteiger partial charge in [0, 0.05) is 39.1 Å². The minimum absolute atomic E-state index is 0.0115. The molecule has 73 heavy (non-hydrogen) atoms. The number of rotatable bonds is 26. The van der Waals surface area contributed by atoms with Crippen LogP contribution in [-0.4, -0.2) is 172 Å². The van der Waals surface area contributed by atoms with Gasteiger partial charge in [0.05, 0.1) is 6.04 Å². The molecule has 1 aromatic rings. The van der Waals surface area contributed by atoms with Crippen molar-refractivity contribution in [2.75, 3.05) is 32.7 Å². The highest BCUT2D eigenvalue weighted by Crippen LogP contribution is 2.27. The van der Waals surface area contributed by atoms with Crippen LogP contribution in [0.2, 0.25) is 0 Å². The lowest BCUT2D eigenvalue weighted by Gasteiger charge is -2.34. The van der Waals surface area contributed by atoms with Crippen LogP contribution in [0.1, 0.15) is 104 Å². The van der Waals surface area contributed by atoms with Crippen LogP contribution in [0.15, 0.2) is 40.3 Å². The van der Waals surface area contributed by atoms with Crippen molar-refractivity contribution in [1.82, 2.24) is 41.3 Å². The van der Waals surface area contributed by atoms with E-state index >= 15 is 0 Å². The van der Waals surface area contributed by atoms with Crippen LogP contribution in [-0.2, 0) is 49.6 Å². The van der Waals surface area contributed by atoms with Gasteiger partial charge in [0.2, 0.25) is 47.3 Å². The van der Waals surface area contributed by atoms with Crippen LogP contribution in [0, 0.1) is 5.92 Å². The fourth-order valence-electron chi connectivity index (χ4n) is 9.31. The highest BCUT2D eigenvalue weighted by atomic mass is 16.4. The topological polar surface area (TPSA) is 399 Å². The van der Waals surface area contributed by atoms with E-state index in [4.69, 9.17) is 28.7 Å². The molecule has 0 unspecified atom stereocenters. The van der Waals surface area contributed by atoms with Crippen molar-refractivity contribution in [3.8, 4) is 0 Å². The van der Waals surface area contributed by atoms with Crippen LogP contribution < -0.4 is 55.3 Å². The summed E-state index contributed by atoms with van der Waals surface area (Å²) < 4.78 is 0. The Morgan fingerprint density at radius 3 is 1.62 bits per heavy atom. The van der Waals surface area contributed by atoms with Crippen LogP contribution in [0.5, 0.6) is 0 Å². The van der Waals surface area contributed by atoms with Crippen molar-refractivity contribution in [3.63, 3.8) is 0 Å². The molecule has 0 aromatic heterocycles. The molecule has 8 amide bonds. The third-order valence-corrected chi connectivity index (χ3v) is 13.0. The summed E-state index contributed by atoms with van der Waals surface area (Å²) in [6.45, 7) is 7.62. The summed E-state index contributed by atoms with van der Waals surface area (Å²) >= 11 is 0. The molecule has 3 aliphatic rings. The third-order valence-electron chi connectivity index (χ3n) is 13.0. The number of nitrogens with two attached hydrogens (primary N) is 5. The molecule has 3 heterocycles. The van der Waals surface area contributed by atoms with Crippen LogP contribution in [0.4, 0.5) is 0 Å². The maximum atomic E-state index is 14.5. The Hall–Kier alpha value is -7.05. The van der Waals surface area contributed by atoms with E-state index in [1.807, 2.05) is 19.9 Å². The molecule has 0 bridgehead atoms. The van der Waals surface area contributed by atoms with Gasteiger partial charge in [-0.1, -0.05) is 44.2 Å². The summed E-state index contributed by atoms with van der Waals surface area (Å²) in [6.07, 6.45) is 3.09. The molecule has 25 heteroatoms. The smallest absolute Gasteiger partial charge is 0.326 e. The summed E-state index contributed by atoms with van der Waals surface area (Å²) in [5.74, 6) is -6.36. The van der Waals surface area contributed by atoms with Gasteiger partial charge >= 0.3 is 5.97 Å². The molecule has 4 rings (SSSR count). The van der Waals surface area contributed by atoms with Crippen LogP contribution in [0.3, 0.4) is 0 Å². The molecular weight excluding hydrogens is 947 g/mol. The van der Waals surface area contributed by atoms with Crippen molar-refractivity contribution in [3.05, 3.63) is 35.9 Å². The average molecular weight is 1020 g/mol. The Kier molecular flexibility index (Phi) is 22.7. The second kappa shape index (κ2) is 28.3. The number of hydrogen-bond donors (Lipinski definition) is 11. The van der Waals surface area contributed by atoms with E-state index in [9.17, 15) is 48.3 Å². The zero-order chi connectivity index (χ0) is 53.9. The van der Waals surface area contributed by atoms with E-state index in [1.165, 1.54) is 28.5 Å². The number of carboxylic acid groups (broad SMARTS) is 1. The predicted octanol–water partition coefficient (Wildman–Crippen LogP) is -2.77. The monoisotopic (exact) mass is 1020 g/mol. The molecule has 1 aromatic carbocycles. The van der Waals surface area contributed by atoms with Crippen molar-refractivity contribution in [2.24, 2.45) is 44.6 Å². The molecule has 0 aliphatic carbocycles. The zero-order valence-corrected chi connectivity index (χ0v) is 42.4. The third kappa shape index (κ3) is 17.6. The Morgan fingerprint density at radius 1 is 0.603 bits per heavy atom. The lowest BCUT2D eigenvalue weighted by molar-refractivity contribution is -0.148. The van der Waals surface area contributed by atoms with E-state index in [0.717, 1.165) is 5.56 Å². The summed E-state index contributed by atoms with van der Waals surface area (Å²) in [6, 6.07) is -0.543. The number of guanidine groups is 2. The standard InChI is InChI=1S/C48H77N15O10/c1-27(2)25-34(44(70)61-22-10-17-35(61)41(67)57-31(15-8-20-54-47(50)51)39(65)58-32(46(72)73)16-9-21-55-48(52)53)60-42(68)36-18-11-23-62(36)45(71)37-19-12-24-63(37)43(69)29(4)56-40(66)33(59-38(64)28(3)49)26-30-13-6-5-7-14-30/h5-7,13-14,27-29,31-37H,8-12,15-26,49H2,1-4H3,(H,56,66)(H,57,67)(H,58,65)(H,59,64)(H,60,68)(H,72,73)(H4,50,51,54)(H4,52,53,55)/t28-,29-,31-,32-,33-,34-,35-,36-,37-/m0/s1. The number of aliphatic carboxylic acids is 1. The number of nitrogens with one attached hydrogen (secondary N) is 5. The molecular formula is C48H77N15O10. The van der Waals surface area contributed by atoms with Crippen molar-refractivity contribution in [1.29, 1.82) is 0 Å². The number of benzene rings is 1. The lowest BCUT2D eigenvalue weighted by Crippen LogP contribution is -2.59. The number of carbonyl (C=O) groups excluding carboxylic acids is 8. The summed E-state index contributed by atoms with van der Waals surface area (Å²) in [7, 11) is 0. The highest BCUT2D eigenvalue weighted by molar-refractivity contribution is 5.98. The van der Waals surface area contributed by atoms with Gasteiger partial charge in [-0.25, -0.2) is 4.79 Å². The number of hydrogen-bond acceptors (Lipinski definition) is 12. The van der Waals surface area contributed by atoms with Gasteiger partial charge in [-0.2, -0.15) is 0 Å². The first kappa shape index (κ1) is 58.5. The van der Waals surface area contributed by atoms with Gasteiger partial charge in [-0.05, 0) is 96.0 Å². The van der Waals surface area contributed by atoms with Gasteiger partial charge in [0.1, 0.15) is 48.3 Å². The molecule has 0 radical (unpaired) electrons. The van der Waals surface area contributed by atoms with E-state index in [2.05, 4.69) is 36.6 Å². The normalized spacial score (nSPS) is 19.9. The summed E-state index contributed by atoms with van der Waals surface area (Å²) in [5.41, 5.74) is 28.2. The molecule has 25 nitrogen and oxygen atoms in total. The van der Waals surface area contributed by atoms with Gasteiger partial charge in [0.15, 0.2) is 11.9 Å². The first-order chi connectivity index (χ1) is 34.6. The number of nitrogens with zero attached hydrogens (tertiary/aromatic N) is 5. The Morgan fingerprint density at radius 2 is 1.08 bits per heavy atom. The number of amides is 8. The van der Waals surface area contributed by atoms with Gasteiger partial charge in [-0.3, -0.25) is 48.3 Å². The van der Waals surface area contributed by atoms with E-state index in [-0.39, 0.29) is 95.5 Å². The van der Waals surface area contributed by atoms with E-state index in [1.54, 1.807) is 24.3 Å². The van der Waals surface area contributed by atoms with Gasteiger partial charge in [-0.15, -0.1) is 0 Å². The maximum absolute atomic E-state index is 14.5. The summed E-state index contributed by atoms with van der Waals surface area (Å²) in [5, 5.41) is 23.3. The van der Waals surface area contributed by atoms with E-state index < -0.39 is 108 Å². The number of carbonyl (C=O) groups is 9. The second-order valence-corrected chi connectivity index (χ2v) is 19.4. The second-order valence-electron chi connectivity index (χ2n) is 19.4. The predicted molar refractivity (Wildman–Crippen MR) is 270 cm³/mol. The Labute approximate surface area is 426 Å². The SMILES string of the molecule is CC(C)C[C@H](NC(=O)[C@@H]1CCCN1C(=O)[C@@H]1CCCN1C(=O)[C@H](C)NC(=O)[C@H](Cc1ccccc1)NC(=O)[C@H](C)N)C(=O)N1CCC[C@H]1C(=O)N[C@@H](CCCN=C(N)N)C(=O)N[C@@H](CCCN=C(N)N)C(=O)O. The Bertz CT molecular complexity index is 2170. The molecule has 0 saturated carbocycles. The Balaban J connectivity index is 1.44. The zero-order valence-electron chi connectivity index (χ0n) is 42.4. The first-order valence-corrected chi connectivity index (χ1v) is 25.2. The summed E-state index contributed by atoms with van der Waals surface area (Å²) in [4.78, 5) is 135. The molecule has 3 fully saturated rings. The molecule has 3 aliphatic heterocycles. The lowest BCUT2D eigenvalue weighted by atomic mass is 10.0. The molecule has 3 saturated heterocycles. The van der Waals surface area contributed by atoms with Crippen molar-refractivity contribution < 1.29 is 48.3 Å². The van der Waals surface area contributed by atoms with Gasteiger partial charge < -0.3 is 75.1 Å². The largest absolute Gasteiger partial charge is 0.480 e. The minimum atomic E-state index is -1.33. The molecule has 9 atom stereocenters. The highest BCUT2D eigenvalue weighted by Gasteiger charge is 2.45. The quantitative estimate of drug-likeness (QED) is 0.0254. The fourth-order valence-corrected chi connectivity index (χ4v) is 9.31. The molecule has 16 N–H and O–H groups in total. The maximum Gasteiger partial charge on any atom is 0.326 e. The molecule has 0 spiro atoms. The van der Waals surface area contributed by atoms with E-state index in [0.29, 0.717) is 32.1 Å². The number of aliphatic imine (C=N–C) groups is 2. The van der Waals surface area contributed by atoms with Gasteiger partial charge in [0.25, 0.3) is 0 Å². The number of carboxylic acids is 1. The molecule has 404 valence electrons. The average Bonchev–Trinajstić information content (AvgIpc) is 4.15. The fraction of sp³-hybridized carbons (Fsp3) is 0.646. The number of likely N-dealkylation sites (tertiary alicyclic amines) is 3. The first-order valence-electron chi connectivity index (χ1n) is 25.2.